The van der Waals surface area contributed by atoms with Crippen LogP contribution in [0.25, 0.3) is 6.08 Å². The van der Waals surface area contributed by atoms with Gasteiger partial charge in [-0.25, -0.2) is 0 Å². The zero-order valence-electron chi connectivity index (χ0n) is 28.9. The van der Waals surface area contributed by atoms with Crippen molar-refractivity contribution in [3.8, 4) is 17.2 Å². The van der Waals surface area contributed by atoms with Gasteiger partial charge in [0.2, 0.25) is 5.91 Å². The minimum absolute atomic E-state index is 0.0442. The topological polar surface area (TPSA) is 115 Å². The lowest BCUT2D eigenvalue weighted by molar-refractivity contribution is -0.116. The van der Waals surface area contributed by atoms with Crippen LogP contribution in [0.4, 0.5) is 11.4 Å². The molecule has 1 atom stereocenters. The van der Waals surface area contributed by atoms with Gasteiger partial charge in [0.15, 0.2) is 0 Å². The molecule has 11 heteroatoms. The summed E-state index contributed by atoms with van der Waals surface area (Å²) in [5.74, 6) is 0.309. The normalized spacial score (nSPS) is 11.6. The van der Waals surface area contributed by atoms with E-state index in [4.69, 9.17) is 25.8 Å². The monoisotopic (exact) mass is 735 g/mol. The Bertz CT molecular complexity index is 2020. The lowest BCUT2D eigenvalue weighted by Gasteiger charge is -2.18. The Morgan fingerprint density at radius 2 is 1.48 bits per heavy atom. The lowest BCUT2D eigenvalue weighted by atomic mass is 10.1. The van der Waals surface area contributed by atoms with Crippen LogP contribution in [0.3, 0.4) is 0 Å². The predicted molar refractivity (Wildman–Crippen MR) is 207 cm³/mol. The molecule has 3 amide bonds. The molecule has 3 N–H and O–H groups in total. The second-order valence-electron chi connectivity index (χ2n) is 11.4. The fourth-order valence-electron chi connectivity index (χ4n) is 5.01. The van der Waals surface area contributed by atoms with Crippen molar-refractivity contribution in [3.63, 3.8) is 0 Å². The number of rotatable bonds is 15. The van der Waals surface area contributed by atoms with E-state index in [1.807, 2.05) is 73.7 Å². The maximum atomic E-state index is 13.7. The molecule has 0 aromatic heterocycles. The fraction of sp³-hybridized carbons (Fsp3) is 0.146. The van der Waals surface area contributed by atoms with Crippen LogP contribution in [0.5, 0.6) is 17.2 Å². The average molecular weight is 736 g/mol. The number of carbonyl (C=O) groups excluding carboxylic acids is 3. The van der Waals surface area contributed by atoms with E-state index in [0.29, 0.717) is 57.8 Å². The van der Waals surface area contributed by atoms with Crippen LogP contribution in [0.1, 0.15) is 34.8 Å². The van der Waals surface area contributed by atoms with Crippen molar-refractivity contribution in [3.05, 3.63) is 149 Å². The third-order valence-electron chi connectivity index (χ3n) is 7.73. The van der Waals surface area contributed by atoms with Crippen molar-refractivity contribution < 1.29 is 28.6 Å². The van der Waals surface area contributed by atoms with Gasteiger partial charge in [0.05, 0.1) is 30.2 Å². The Balaban J connectivity index is 1.30. The van der Waals surface area contributed by atoms with Crippen LogP contribution in [0, 0.1) is 0 Å². The van der Waals surface area contributed by atoms with Crippen LogP contribution in [0.15, 0.2) is 132 Å². The number of benzene rings is 5. The number of methoxy groups -OCH3 is 2. The maximum Gasteiger partial charge on any atom is 0.272 e. The molecule has 0 spiro atoms. The van der Waals surface area contributed by atoms with Crippen molar-refractivity contribution >= 4 is 58.5 Å². The molecule has 9 nitrogen and oxygen atoms in total. The quantitative estimate of drug-likeness (QED) is 0.0727. The number of carbonyl (C=O) groups is 3. The van der Waals surface area contributed by atoms with Crippen molar-refractivity contribution in [2.45, 2.75) is 30.1 Å². The van der Waals surface area contributed by atoms with Gasteiger partial charge >= 0.3 is 0 Å². The number of nitrogens with one attached hydrogen (secondary N) is 3. The molecule has 0 saturated heterocycles. The highest BCUT2D eigenvalue weighted by atomic mass is 35.5. The molecule has 1 unspecified atom stereocenters. The lowest BCUT2D eigenvalue weighted by Crippen LogP contribution is -2.30. The van der Waals surface area contributed by atoms with E-state index in [1.54, 1.807) is 60.7 Å². The highest BCUT2D eigenvalue weighted by Crippen LogP contribution is 2.37. The molecule has 0 aliphatic rings. The summed E-state index contributed by atoms with van der Waals surface area (Å²) in [6, 6.07) is 36.1. The minimum Gasteiger partial charge on any atom is -0.495 e. The van der Waals surface area contributed by atoms with Crippen LogP contribution in [-0.2, 0) is 16.2 Å². The second kappa shape index (κ2) is 18.5. The molecule has 0 heterocycles. The first-order valence-electron chi connectivity index (χ1n) is 16.4. The van der Waals surface area contributed by atoms with Crippen LogP contribution in [-0.4, -0.2) is 37.2 Å². The first kappa shape index (κ1) is 37.5. The summed E-state index contributed by atoms with van der Waals surface area (Å²) in [5.41, 5.74) is 3.08. The zero-order valence-corrected chi connectivity index (χ0v) is 30.4. The second-order valence-corrected chi connectivity index (χ2v) is 13.1. The van der Waals surface area contributed by atoms with Gasteiger partial charge in [0.25, 0.3) is 11.8 Å². The van der Waals surface area contributed by atoms with E-state index in [9.17, 15) is 14.4 Å². The van der Waals surface area contributed by atoms with Gasteiger partial charge in [-0.3, -0.25) is 14.4 Å². The third-order valence-corrected chi connectivity index (χ3v) is 9.39. The first-order chi connectivity index (χ1) is 25.3. The number of hydrogen-bond donors (Lipinski definition) is 3. The Morgan fingerprint density at radius 1 is 0.788 bits per heavy atom. The maximum absolute atomic E-state index is 13.7. The first-order valence-corrected chi connectivity index (χ1v) is 17.7. The van der Waals surface area contributed by atoms with Crippen LogP contribution >= 0.6 is 23.4 Å². The Morgan fingerprint density at radius 3 is 2.15 bits per heavy atom. The Hall–Kier alpha value is -5.71. The van der Waals surface area contributed by atoms with Gasteiger partial charge < -0.3 is 30.2 Å². The SMILES string of the molecule is CCC(Sc1cccc(NC(=O)/C(=C\c2ccc(OCc3ccccc3)cc2)NC(=O)c2ccccc2)c1)C(=O)Nc1cc(Cl)c(OC)cc1OC. The van der Waals surface area contributed by atoms with Gasteiger partial charge in [-0.15, -0.1) is 11.8 Å². The standard InChI is InChI=1S/C41H38ClN3O6S/c1-4-38(41(48)44-34-24-33(42)36(49-2)25-37(34)50-3)52-32-17-11-16-30(23-32)43-40(47)35(45-39(46)29-14-9-6-10-15-29)22-27-18-20-31(21-19-27)51-26-28-12-7-5-8-13-28/h5-25,38H,4,26H2,1-3H3,(H,43,47)(H,44,48)(H,45,46)/b35-22+. The molecule has 0 saturated carbocycles. The summed E-state index contributed by atoms with van der Waals surface area (Å²) < 4.78 is 16.6. The number of anilines is 2. The molecular weight excluding hydrogens is 698 g/mol. The summed E-state index contributed by atoms with van der Waals surface area (Å²) in [4.78, 5) is 41.0. The van der Waals surface area contributed by atoms with Crippen LogP contribution < -0.4 is 30.2 Å². The molecule has 266 valence electrons. The van der Waals surface area contributed by atoms with E-state index < -0.39 is 17.1 Å². The summed E-state index contributed by atoms with van der Waals surface area (Å²) >= 11 is 7.65. The number of amides is 3. The van der Waals surface area contributed by atoms with Gasteiger partial charge in [-0.2, -0.15) is 0 Å². The molecular formula is C41H38ClN3O6S. The number of hydrogen-bond acceptors (Lipinski definition) is 7. The van der Waals surface area contributed by atoms with Crippen molar-refractivity contribution in [2.24, 2.45) is 0 Å². The van der Waals surface area contributed by atoms with Crippen molar-refractivity contribution in [2.75, 3.05) is 24.9 Å². The molecule has 0 fully saturated rings. The number of halogens is 1. The summed E-state index contributed by atoms with van der Waals surface area (Å²) in [6.45, 7) is 2.33. The largest absolute Gasteiger partial charge is 0.495 e. The van der Waals surface area contributed by atoms with E-state index in [0.717, 1.165) is 10.5 Å². The smallest absolute Gasteiger partial charge is 0.272 e. The van der Waals surface area contributed by atoms with Crippen molar-refractivity contribution in [1.82, 2.24) is 5.32 Å². The van der Waals surface area contributed by atoms with Crippen LogP contribution in [0.2, 0.25) is 5.02 Å². The Kier molecular flexibility index (Phi) is 13.4. The number of ether oxygens (including phenoxy) is 3. The molecule has 0 bridgehead atoms. The Labute approximate surface area is 312 Å². The molecule has 52 heavy (non-hydrogen) atoms. The highest BCUT2D eigenvalue weighted by Gasteiger charge is 2.21. The molecule has 5 aromatic carbocycles. The van der Waals surface area contributed by atoms with E-state index >= 15 is 0 Å². The zero-order chi connectivity index (χ0) is 36.9. The summed E-state index contributed by atoms with van der Waals surface area (Å²) in [5, 5.41) is 8.44. The molecule has 0 aliphatic carbocycles. The van der Waals surface area contributed by atoms with Gasteiger partial charge in [-0.1, -0.05) is 85.3 Å². The van der Waals surface area contributed by atoms with E-state index in [2.05, 4.69) is 16.0 Å². The van der Waals surface area contributed by atoms with E-state index in [1.165, 1.54) is 26.0 Å². The fourth-order valence-corrected chi connectivity index (χ4v) is 6.27. The van der Waals surface area contributed by atoms with Gasteiger partial charge in [-0.05, 0) is 72.2 Å². The molecule has 5 aromatic rings. The average Bonchev–Trinajstić information content (AvgIpc) is 3.17. The van der Waals surface area contributed by atoms with E-state index in [-0.39, 0.29) is 11.6 Å². The molecule has 5 rings (SSSR count). The molecule has 0 aliphatic heterocycles. The minimum atomic E-state index is -0.524. The molecule has 0 radical (unpaired) electrons. The number of thioether (sulfide) groups is 1. The summed E-state index contributed by atoms with van der Waals surface area (Å²) in [7, 11) is 3.00. The van der Waals surface area contributed by atoms with Gasteiger partial charge in [0, 0.05) is 22.2 Å². The summed E-state index contributed by atoms with van der Waals surface area (Å²) in [6.07, 6.45) is 2.13. The predicted octanol–water partition coefficient (Wildman–Crippen LogP) is 8.86. The van der Waals surface area contributed by atoms with Gasteiger partial charge in [0.1, 0.15) is 29.6 Å². The third kappa shape index (κ3) is 10.4. The highest BCUT2D eigenvalue weighted by molar-refractivity contribution is 8.00. The van der Waals surface area contributed by atoms with Crippen molar-refractivity contribution in [1.29, 1.82) is 0 Å².